The quantitative estimate of drug-likeness (QED) is 0.453. The van der Waals surface area contributed by atoms with Crippen molar-refractivity contribution in [3.05, 3.63) is 89.8 Å². The van der Waals surface area contributed by atoms with Gasteiger partial charge in [-0.3, -0.25) is 9.55 Å². The average molecular weight is 424 g/mol. The second-order valence-corrected chi connectivity index (χ2v) is 7.69. The van der Waals surface area contributed by atoms with Gasteiger partial charge in [0.05, 0.1) is 6.10 Å². The molecule has 0 saturated carbocycles. The second-order valence-electron chi connectivity index (χ2n) is 6.71. The Labute approximate surface area is 176 Å². The number of thioether (sulfide) groups is 1. The fourth-order valence-electron chi connectivity index (χ4n) is 2.99. The summed E-state index contributed by atoms with van der Waals surface area (Å²) in [5.41, 5.74) is 2.87. The second kappa shape index (κ2) is 8.73. The van der Waals surface area contributed by atoms with Crippen LogP contribution in [0.4, 0.5) is 8.78 Å². The summed E-state index contributed by atoms with van der Waals surface area (Å²) in [5.74, 6) is -0.702. The normalized spacial score (nSPS) is 12.1. The molecule has 1 unspecified atom stereocenters. The number of benzene rings is 2. The molecule has 8 heteroatoms. The van der Waals surface area contributed by atoms with Gasteiger partial charge in [-0.15, -0.1) is 10.2 Å². The lowest BCUT2D eigenvalue weighted by Crippen LogP contribution is -2.06. The van der Waals surface area contributed by atoms with Crippen LogP contribution in [0.15, 0.2) is 72.1 Å². The molecular weight excluding hydrogens is 406 g/mol. The highest BCUT2D eigenvalue weighted by Crippen LogP contribution is 2.31. The van der Waals surface area contributed by atoms with Gasteiger partial charge >= 0.3 is 0 Å². The Morgan fingerprint density at radius 1 is 1.00 bits per heavy atom. The molecule has 0 radical (unpaired) electrons. The van der Waals surface area contributed by atoms with Crippen LogP contribution in [-0.2, 0) is 0 Å². The lowest BCUT2D eigenvalue weighted by Gasteiger charge is -2.13. The summed E-state index contributed by atoms with van der Waals surface area (Å²) < 4.78 is 29.0. The standard InChI is InChI=1S/C22H18F2N4OS/c1-14-2-5-17(6-3-14)28-21(15-8-10-25-11-9-15)26-27-22(28)30-13-20(29)18-7-4-16(23)12-19(18)24/h2-12,20,29H,13H2,1H3. The number of aliphatic hydroxyl groups is 1. The molecule has 152 valence electrons. The van der Waals surface area contributed by atoms with Gasteiger partial charge in [0.25, 0.3) is 0 Å². The first-order chi connectivity index (χ1) is 14.5. The van der Waals surface area contributed by atoms with Gasteiger partial charge in [-0.05, 0) is 37.3 Å². The predicted octanol–water partition coefficient (Wildman–Crippen LogP) is 4.74. The van der Waals surface area contributed by atoms with Crippen LogP contribution >= 0.6 is 11.8 Å². The molecule has 0 saturated heterocycles. The van der Waals surface area contributed by atoms with E-state index in [0.29, 0.717) is 11.0 Å². The van der Waals surface area contributed by atoms with E-state index in [1.807, 2.05) is 47.9 Å². The molecule has 1 N–H and O–H groups in total. The maximum absolute atomic E-state index is 14.0. The van der Waals surface area contributed by atoms with Crippen molar-refractivity contribution in [3.8, 4) is 17.1 Å². The minimum atomic E-state index is -1.12. The SMILES string of the molecule is Cc1ccc(-n2c(SCC(O)c3ccc(F)cc3F)nnc2-c2ccncc2)cc1. The van der Waals surface area contributed by atoms with Crippen molar-refractivity contribution in [2.24, 2.45) is 0 Å². The van der Waals surface area contributed by atoms with E-state index >= 15 is 0 Å². The van der Waals surface area contributed by atoms with Crippen molar-refractivity contribution in [2.75, 3.05) is 5.75 Å². The van der Waals surface area contributed by atoms with Crippen LogP contribution in [0.25, 0.3) is 17.1 Å². The van der Waals surface area contributed by atoms with Gasteiger partial charge in [0.15, 0.2) is 11.0 Å². The first-order valence-electron chi connectivity index (χ1n) is 9.21. The van der Waals surface area contributed by atoms with Crippen molar-refractivity contribution in [3.63, 3.8) is 0 Å². The highest BCUT2D eigenvalue weighted by molar-refractivity contribution is 7.99. The van der Waals surface area contributed by atoms with E-state index < -0.39 is 17.7 Å². The molecule has 2 aromatic carbocycles. The Bertz CT molecular complexity index is 1150. The molecule has 2 aromatic heterocycles. The molecule has 0 aliphatic carbocycles. The molecule has 5 nitrogen and oxygen atoms in total. The monoisotopic (exact) mass is 424 g/mol. The molecule has 2 heterocycles. The molecule has 0 fully saturated rings. The Morgan fingerprint density at radius 2 is 1.73 bits per heavy atom. The number of nitrogens with zero attached hydrogens (tertiary/aromatic N) is 4. The maximum Gasteiger partial charge on any atom is 0.196 e. The van der Waals surface area contributed by atoms with Gasteiger partial charge < -0.3 is 5.11 Å². The Hall–Kier alpha value is -3.10. The summed E-state index contributed by atoms with van der Waals surface area (Å²) in [6.45, 7) is 2.00. The number of halogens is 2. The van der Waals surface area contributed by atoms with Gasteiger partial charge in [0.1, 0.15) is 11.6 Å². The summed E-state index contributed by atoms with van der Waals surface area (Å²) in [5, 5.41) is 19.6. The topological polar surface area (TPSA) is 63.8 Å². The van der Waals surface area contributed by atoms with Crippen LogP contribution in [0.3, 0.4) is 0 Å². The fraction of sp³-hybridized carbons (Fsp3) is 0.136. The van der Waals surface area contributed by atoms with Crippen molar-refractivity contribution in [1.29, 1.82) is 0 Å². The average Bonchev–Trinajstić information content (AvgIpc) is 3.17. The number of aryl methyl sites for hydroxylation is 1. The zero-order chi connectivity index (χ0) is 21.1. The molecule has 4 aromatic rings. The molecule has 1 atom stereocenters. The molecule has 4 rings (SSSR count). The minimum absolute atomic E-state index is 0.0414. The van der Waals surface area contributed by atoms with E-state index in [2.05, 4.69) is 15.2 Å². The van der Waals surface area contributed by atoms with Crippen LogP contribution in [0.1, 0.15) is 17.2 Å². The Morgan fingerprint density at radius 3 is 2.43 bits per heavy atom. The number of aliphatic hydroxyl groups excluding tert-OH is 1. The molecule has 0 amide bonds. The summed E-state index contributed by atoms with van der Waals surface area (Å²) in [6.07, 6.45) is 2.23. The number of hydrogen-bond donors (Lipinski definition) is 1. The van der Waals surface area contributed by atoms with Crippen LogP contribution in [0, 0.1) is 18.6 Å². The number of hydrogen-bond acceptors (Lipinski definition) is 5. The number of pyridine rings is 1. The molecule has 0 aliphatic heterocycles. The molecule has 0 bridgehead atoms. The first kappa shape index (κ1) is 20.2. The van der Waals surface area contributed by atoms with Gasteiger partial charge in [-0.1, -0.05) is 35.5 Å². The summed E-state index contributed by atoms with van der Waals surface area (Å²) in [4.78, 5) is 4.04. The van der Waals surface area contributed by atoms with Gasteiger partial charge in [-0.25, -0.2) is 8.78 Å². The lowest BCUT2D eigenvalue weighted by molar-refractivity contribution is 0.198. The molecule has 0 spiro atoms. The maximum atomic E-state index is 14.0. The summed E-state index contributed by atoms with van der Waals surface area (Å²) in [6, 6.07) is 14.7. The van der Waals surface area contributed by atoms with Crippen LogP contribution < -0.4 is 0 Å². The van der Waals surface area contributed by atoms with E-state index in [9.17, 15) is 13.9 Å². The van der Waals surface area contributed by atoms with Gasteiger partial charge in [0.2, 0.25) is 0 Å². The third-order valence-corrected chi connectivity index (χ3v) is 5.56. The number of aromatic nitrogens is 4. The van der Waals surface area contributed by atoms with Crippen molar-refractivity contribution >= 4 is 11.8 Å². The largest absolute Gasteiger partial charge is 0.387 e. The predicted molar refractivity (Wildman–Crippen MR) is 111 cm³/mol. The van der Waals surface area contributed by atoms with Crippen LogP contribution in [0.2, 0.25) is 0 Å². The molecule has 30 heavy (non-hydrogen) atoms. The van der Waals surface area contributed by atoms with Crippen molar-refractivity contribution in [1.82, 2.24) is 19.7 Å². The third-order valence-electron chi connectivity index (χ3n) is 4.56. The van der Waals surface area contributed by atoms with E-state index in [4.69, 9.17) is 0 Å². The number of rotatable bonds is 6. The lowest BCUT2D eigenvalue weighted by atomic mass is 10.1. The zero-order valence-electron chi connectivity index (χ0n) is 16.0. The smallest absolute Gasteiger partial charge is 0.196 e. The Balaban J connectivity index is 1.66. The highest BCUT2D eigenvalue weighted by Gasteiger charge is 2.19. The van der Waals surface area contributed by atoms with Gasteiger partial charge in [-0.2, -0.15) is 0 Å². The Kier molecular flexibility index (Phi) is 5.87. The highest BCUT2D eigenvalue weighted by atomic mass is 32.2. The van der Waals surface area contributed by atoms with E-state index in [-0.39, 0.29) is 11.3 Å². The molecular formula is C22H18F2N4OS. The zero-order valence-corrected chi connectivity index (χ0v) is 16.9. The van der Waals surface area contributed by atoms with E-state index in [0.717, 1.165) is 28.9 Å². The van der Waals surface area contributed by atoms with Crippen LogP contribution in [0.5, 0.6) is 0 Å². The fourth-order valence-corrected chi connectivity index (χ4v) is 3.90. The van der Waals surface area contributed by atoms with Crippen molar-refractivity contribution in [2.45, 2.75) is 18.2 Å². The van der Waals surface area contributed by atoms with E-state index in [1.165, 1.54) is 17.8 Å². The van der Waals surface area contributed by atoms with E-state index in [1.54, 1.807) is 12.4 Å². The summed E-state index contributed by atoms with van der Waals surface area (Å²) >= 11 is 1.24. The summed E-state index contributed by atoms with van der Waals surface area (Å²) in [7, 11) is 0. The van der Waals surface area contributed by atoms with Crippen LogP contribution in [-0.4, -0.2) is 30.6 Å². The third kappa shape index (κ3) is 4.24. The first-order valence-corrected chi connectivity index (χ1v) is 10.2. The van der Waals surface area contributed by atoms with Gasteiger partial charge in [0, 0.05) is 41.0 Å². The minimum Gasteiger partial charge on any atom is -0.387 e. The molecule has 0 aliphatic rings. The van der Waals surface area contributed by atoms with Crippen molar-refractivity contribution < 1.29 is 13.9 Å².